The lowest BCUT2D eigenvalue weighted by Gasteiger charge is -2.12. The quantitative estimate of drug-likeness (QED) is 0.482. The minimum atomic E-state index is -0.709. The van der Waals surface area contributed by atoms with E-state index in [0.717, 1.165) is 28.8 Å². The number of rotatable bonds is 4. The Hall–Kier alpha value is -3.19. The van der Waals surface area contributed by atoms with Gasteiger partial charge >= 0.3 is 5.97 Å². The van der Waals surface area contributed by atoms with Crippen LogP contribution in [0.1, 0.15) is 40.9 Å². The Morgan fingerprint density at radius 1 is 1.08 bits per heavy atom. The lowest BCUT2D eigenvalue weighted by Crippen LogP contribution is -2.12. The largest absolute Gasteiger partial charge is 0.423 e. The van der Waals surface area contributed by atoms with Gasteiger partial charge in [0.2, 0.25) is 0 Å². The fourth-order valence-electron chi connectivity index (χ4n) is 3.05. The third kappa shape index (κ3) is 3.29. The van der Waals surface area contributed by atoms with Crippen molar-refractivity contribution in [3.8, 4) is 11.8 Å². The molecule has 0 atom stereocenters. The number of fused-ring (bicyclic) bond motifs is 1. The maximum Gasteiger partial charge on any atom is 0.343 e. The van der Waals surface area contributed by atoms with Crippen LogP contribution in [0.4, 0.5) is 4.39 Å². The van der Waals surface area contributed by atoms with Gasteiger partial charge in [0.25, 0.3) is 0 Å². The fraction of sp³-hybridized carbons (Fsp3) is 0.182. The minimum absolute atomic E-state index is 0.0787. The molecule has 0 heterocycles. The van der Waals surface area contributed by atoms with Gasteiger partial charge in [0.05, 0.1) is 11.1 Å². The first-order valence-corrected chi connectivity index (χ1v) is 8.53. The van der Waals surface area contributed by atoms with Gasteiger partial charge in [0.1, 0.15) is 17.6 Å². The van der Waals surface area contributed by atoms with Crippen molar-refractivity contribution in [1.29, 1.82) is 5.26 Å². The van der Waals surface area contributed by atoms with Crippen molar-refractivity contribution in [1.82, 2.24) is 0 Å². The molecule has 0 fully saturated rings. The molecule has 3 rings (SSSR count). The number of benzene rings is 3. The van der Waals surface area contributed by atoms with Crippen LogP contribution in [0.25, 0.3) is 10.8 Å². The average molecular weight is 347 g/mol. The molecule has 0 bridgehead atoms. The highest BCUT2D eigenvalue weighted by Crippen LogP contribution is 2.26. The second kappa shape index (κ2) is 7.37. The van der Waals surface area contributed by atoms with Crippen LogP contribution in [-0.2, 0) is 12.8 Å². The lowest BCUT2D eigenvalue weighted by molar-refractivity contribution is 0.0733. The van der Waals surface area contributed by atoms with E-state index in [9.17, 15) is 9.18 Å². The smallest absolute Gasteiger partial charge is 0.343 e. The van der Waals surface area contributed by atoms with Gasteiger partial charge in [-0.15, -0.1) is 0 Å². The SMILES string of the molecule is CCc1ccc2c(CC)c(C(=O)Oc3ccc(C#N)c(F)c3)ccc2c1. The number of carbonyl (C=O) groups excluding carboxylic acids is 1. The summed E-state index contributed by atoms with van der Waals surface area (Å²) in [5, 5.41) is 10.9. The summed E-state index contributed by atoms with van der Waals surface area (Å²) in [5.41, 5.74) is 2.53. The van der Waals surface area contributed by atoms with E-state index in [4.69, 9.17) is 10.00 Å². The minimum Gasteiger partial charge on any atom is -0.423 e. The van der Waals surface area contributed by atoms with Crippen LogP contribution in [0.2, 0.25) is 0 Å². The maximum absolute atomic E-state index is 13.7. The molecule has 0 amide bonds. The molecule has 0 saturated carbocycles. The number of hydrogen-bond acceptors (Lipinski definition) is 3. The summed E-state index contributed by atoms with van der Waals surface area (Å²) in [5.74, 6) is -1.17. The molecular formula is C22H18FNO2. The van der Waals surface area contributed by atoms with Crippen molar-refractivity contribution in [3.63, 3.8) is 0 Å². The van der Waals surface area contributed by atoms with Gasteiger partial charge in [-0.3, -0.25) is 0 Å². The number of esters is 1. The van der Waals surface area contributed by atoms with Crippen LogP contribution in [0.5, 0.6) is 5.75 Å². The van der Waals surface area contributed by atoms with Crippen molar-refractivity contribution in [3.05, 3.63) is 76.6 Å². The highest BCUT2D eigenvalue weighted by atomic mass is 19.1. The number of nitriles is 1. The van der Waals surface area contributed by atoms with Crippen LogP contribution in [0, 0.1) is 17.1 Å². The molecule has 3 aromatic rings. The molecule has 0 spiro atoms. The summed E-state index contributed by atoms with van der Waals surface area (Å²) < 4.78 is 19.0. The third-order valence-electron chi connectivity index (χ3n) is 4.45. The number of nitrogens with zero attached hydrogens (tertiary/aromatic N) is 1. The van der Waals surface area contributed by atoms with Crippen LogP contribution in [0.3, 0.4) is 0 Å². The number of ether oxygens (including phenoxy) is 1. The van der Waals surface area contributed by atoms with Gasteiger partial charge in [-0.25, -0.2) is 9.18 Å². The van der Waals surface area contributed by atoms with Gasteiger partial charge in [0.15, 0.2) is 0 Å². The number of hydrogen-bond donors (Lipinski definition) is 0. The molecule has 0 aliphatic heterocycles. The number of aryl methyl sites for hydroxylation is 2. The Morgan fingerprint density at radius 2 is 1.88 bits per heavy atom. The highest BCUT2D eigenvalue weighted by molar-refractivity contribution is 5.99. The maximum atomic E-state index is 13.7. The van der Waals surface area contributed by atoms with E-state index < -0.39 is 11.8 Å². The highest BCUT2D eigenvalue weighted by Gasteiger charge is 2.16. The van der Waals surface area contributed by atoms with Gasteiger partial charge in [-0.05, 0) is 52.9 Å². The van der Waals surface area contributed by atoms with Crippen LogP contribution < -0.4 is 4.74 Å². The molecule has 0 aromatic heterocycles. The molecule has 0 N–H and O–H groups in total. The Balaban J connectivity index is 1.97. The molecule has 26 heavy (non-hydrogen) atoms. The first-order valence-electron chi connectivity index (χ1n) is 8.53. The molecular weight excluding hydrogens is 329 g/mol. The topological polar surface area (TPSA) is 50.1 Å². The molecule has 0 saturated heterocycles. The number of carbonyl (C=O) groups is 1. The molecule has 3 aromatic carbocycles. The Kier molecular flexibility index (Phi) is 4.99. The van der Waals surface area contributed by atoms with E-state index in [2.05, 4.69) is 19.1 Å². The summed E-state index contributed by atoms with van der Waals surface area (Å²) in [4.78, 5) is 12.6. The first kappa shape index (κ1) is 17.6. The summed E-state index contributed by atoms with van der Waals surface area (Å²) in [6.07, 6.45) is 1.63. The summed E-state index contributed by atoms with van der Waals surface area (Å²) in [6, 6.07) is 15.4. The third-order valence-corrected chi connectivity index (χ3v) is 4.45. The molecule has 0 unspecified atom stereocenters. The second-order valence-electron chi connectivity index (χ2n) is 6.00. The van der Waals surface area contributed by atoms with Crippen molar-refractivity contribution in [2.75, 3.05) is 0 Å². The summed E-state index contributed by atoms with van der Waals surface area (Å²) in [6.45, 7) is 4.09. The van der Waals surface area contributed by atoms with Crippen molar-refractivity contribution in [2.24, 2.45) is 0 Å². The first-order chi connectivity index (χ1) is 12.6. The van der Waals surface area contributed by atoms with Crippen molar-refractivity contribution >= 4 is 16.7 Å². The van der Waals surface area contributed by atoms with E-state index in [1.165, 1.54) is 17.7 Å². The zero-order valence-electron chi connectivity index (χ0n) is 14.7. The molecule has 3 nitrogen and oxygen atoms in total. The molecule has 4 heteroatoms. The molecule has 130 valence electrons. The normalized spacial score (nSPS) is 10.5. The van der Waals surface area contributed by atoms with Crippen LogP contribution in [0.15, 0.2) is 48.5 Å². The number of halogens is 1. The fourth-order valence-corrected chi connectivity index (χ4v) is 3.05. The average Bonchev–Trinajstić information content (AvgIpc) is 2.66. The zero-order valence-corrected chi connectivity index (χ0v) is 14.7. The Morgan fingerprint density at radius 3 is 2.54 bits per heavy atom. The summed E-state index contributed by atoms with van der Waals surface area (Å²) in [7, 11) is 0. The Labute approximate surface area is 151 Å². The van der Waals surface area contributed by atoms with Crippen LogP contribution >= 0.6 is 0 Å². The van der Waals surface area contributed by atoms with E-state index >= 15 is 0 Å². The van der Waals surface area contributed by atoms with E-state index in [1.54, 1.807) is 12.1 Å². The van der Waals surface area contributed by atoms with Gasteiger partial charge in [0, 0.05) is 6.07 Å². The van der Waals surface area contributed by atoms with Gasteiger partial charge in [-0.1, -0.05) is 38.1 Å². The van der Waals surface area contributed by atoms with Crippen molar-refractivity contribution < 1.29 is 13.9 Å². The predicted molar refractivity (Wildman–Crippen MR) is 98.8 cm³/mol. The van der Waals surface area contributed by atoms with E-state index in [1.807, 2.05) is 19.1 Å². The Bertz CT molecular complexity index is 1030. The van der Waals surface area contributed by atoms with E-state index in [-0.39, 0.29) is 11.3 Å². The zero-order chi connectivity index (χ0) is 18.7. The van der Waals surface area contributed by atoms with Crippen LogP contribution in [-0.4, -0.2) is 5.97 Å². The lowest BCUT2D eigenvalue weighted by atomic mass is 9.95. The second-order valence-corrected chi connectivity index (χ2v) is 6.00. The monoisotopic (exact) mass is 347 g/mol. The molecule has 0 radical (unpaired) electrons. The van der Waals surface area contributed by atoms with E-state index in [0.29, 0.717) is 12.0 Å². The molecule has 0 aliphatic rings. The standard InChI is InChI=1S/C22H18FNO2/c1-3-14-5-9-19-15(11-14)7-10-20(18(19)4-2)22(25)26-17-8-6-16(13-24)21(23)12-17/h5-12H,3-4H2,1-2H3. The van der Waals surface area contributed by atoms with Crippen molar-refractivity contribution in [2.45, 2.75) is 26.7 Å². The van der Waals surface area contributed by atoms with Gasteiger partial charge in [-0.2, -0.15) is 5.26 Å². The summed E-state index contributed by atoms with van der Waals surface area (Å²) >= 11 is 0. The van der Waals surface area contributed by atoms with Gasteiger partial charge < -0.3 is 4.74 Å². The molecule has 0 aliphatic carbocycles. The predicted octanol–water partition coefficient (Wildman–Crippen LogP) is 5.19.